The highest BCUT2D eigenvalue weighted by Crippen LogP contribution is 2.17. The third kappa shape index (κ3) is 2.15. The molecule has 2 N–H and O–H groups in total. The molecule has 0 aliphatic carbocycles. The Bertz CT molecular complexity index is 355. The SMILES string of the molecule is CC(NCc1nn[nH]n1)c1cccs1. The number of hydrogen-bond donors (Lipinski definition) is 2. The van der Waals surface area contributed by atoms with Crippen LogP contribution in [0.4, 0.5) is 0 Å². The van der Waals surface area contributed by atoms with Crippen LogP contribution in [0, 0.1) is 0 Å². The summed E-state index contributed by atoms with van der Waals surface area (Å²) in [6, 6.07) is 4.49. The lowest BCUT2D eigenvalue weighted by molar-refractivity contribution is 0.567. The molecule has 2 rings (SSSR count). The Balaban J connectivity index is 1.87. The van der Waals surface area contributed by atoms with Crippen molar-refractivity contribution in [2.45, 2.75) is 19.5 Å². The van der Waals surface area contributed by atoms with Crippen molar-refractivity contribution in [2.75, 3.05) is 0 Å². The number of nitrogens with one attached hydrogen (secondary N) is 2. The summed E-state index contributed by atoms with van der Waals surface area (Å²) in [4.78, 5) is 1.31. The fourth-order valence-corrected chi connectivity index (χ4v) is 1.90. The predicted octanol–water partition coefficient (Wildman–Crippen LogP) is 1.11. The van der Waals surface area contributed by atoms with Gasteiger partial charge in [-0.2, -0.15) is 5.21 Å². The molecule has 2 heterocycles. The van der Waals surface area contributed by atoms with Gasteiger partial charge in [-0.3, -0.25) is 0 Å². The summed E-state index contributed by atoms with van der Waals surface area (Å²) in [6.45, 7) is 2.75. The minimum absolute atomic E-state index is 0.327. The number of rotatable bonds is 4. The summed E-state index contributed by atoms with van der Waals surface area (Å²) in [5.41, 5.74) is 0. The van der Waals surface area contributed by atoms with Crippen molar-refractivity contribution < 1.29 is 0 Å². The summed E-state index contributed by atoms with van der Waals surface area (Å²) in [6.07, 6.45) is 0. The zero-order chi connectivity index (χ0) is 9.80. The van der Waals surface area contributed by atoms with Crippen molar-refractivity contribution >= 4 is 11.3 Å². The van der Waals surface area contributed by atoms with Crippen molar-refractivity contribution in [1.29, 1.82) is 0 Å². The van der Waals surface area contributed by atoms with Gasteiger partial charge in [-0.05, 0) is 18.4 Å². The molecule has 2 aromatic rings. The molecular weight excluding hydrogens is 198 g/mol. The molecular formula is C8H11N5S. The van der Waals surface area contributed by atoms with Crippen molar-refractivity contribution in [3.8, 4) is 0 Å². The van der Waals surface area contributed by atoms with Crippen LogP contribution in [-0.4, -0.2) is 20.6 Å². The first-order valence-electron chi connectivity index (χ1n) is 4.35. The standard InChI is InChI=1S/C8H11N5S/c1-6(7-3-2-4-14-7)9-5-8-10-12-13-11-8/h2-4,6,9H,5H2,1H3,(H,10,11,12,13). The molecule has 0 saturated carbocycles. The number of nitrogens with zero attached hydrogens (tertiary/aromatic N) is 3. The molecule has 2 aromatic heterocycles. The van der Waals surface area contributed by atoms with Crippen LogP contribution in [-0.2, 0) is 6.54 Å². The van der Waals surface area contributed by atoms with Crippen LogP contribution in [0.2, 0.25) is 0 Å². The second-order valence-corrected chi connectivity index (χ2v) is 3.93. The quantitative estimate of drug-likeness (QED) is 0.791. The number of aromatic amines is 1. The van der Waals surface area contributed by atoms with Crippen molar-refractivity contribution in [2.24, 2.45) is 0 Å². The normalized spacial score (nSPS) is 12.9. The Hall–Kier alpha value is -1.27. The molecule has 0 amide bonds. The number of thiophene rings is 1. The van der Waals surface area contributed by atoms with Gasteiger partial charge in [-0.25, -0.2) is 0 Å². The van der Waals surface area contributed by atoms with E-state index in [9.17, 15) is 0 Å². The van der Waals surface area contributed by atoms with Gasteiger partial charge in [0.05, 0.1) is 6.54 Å². The van der Waals surface area contributed by atoms with Gasteiger partial charge in [0, 0.05) is 10.9 Å². The predicted molar refractivity (Wildman–Crippen MR) is 53.8 cm³/mol. The fourth-order valence-electron chi connectivity index (χ4n) is 1.14. The van der Waals surface area contributed by atoms with Crippen LogP contribution in [0.1, 0.15) is 23.7 Å². The van der Waals surface area contributed by atoms with Crippen LogP contribution < -0.4 is 5.32 Å². The lowest BCUT2D eigenvalue weighted by atomic mass is 10.3. The van der Waals surface area contributed by atoms with Gasteiger partial charge in [0.15, 0.2) is 5.82 Å². The number of hydrogen-bond acceptors (Lipinski definition) is 5. The van der Waals surface area contributed by atoms with Crippen molar-refractivity contribution in [1.82, 2.24) is 25.9 Å². The molecule has 14 heavy (non-hydrogen) atoms. The Labute approximate surface area is 85.5 Å². The minimum Gasteiger partial charge on any atom is -0.302 e. The summed E-state index contributed by atoms with van der Waals surface area (Å²) in [5, 5.41) is 19.0. The lowest BCUT2D eigenvalue weighted by Crippen LogP contribution is -2.17. The molecule has 0 aliphatic heterocycles. The van der Waals surface area contributed by atoms with Crippen LogP contribution in [0.5, 0.6) is 0 Å². The largest absolute Gasteiger partial charge is 0.302 e. The second kappa shape index (κ2) is 4.30. The van der Waals surface area contributed by atoms with E-state index >= 15 is 0 Å². The average molecular weight is 209 g/mol. The van der Waals surface area contributed by atoms with Crippen molar-refractivity contribution in [3.63, 3.8) is 0 Å². The van der Waals surface area contributed by atoms with E-state index in [-0.39, 0.29) is 0 Å². The van der Waals surface area contributed by atoms with E-state index in [0.29, 0.717) is 18.4 Å². The molecule has 5 nitrogen and oxygen atoms in total. The van der Waals surface area contributed by atoms with Crippen LogP contribution in [0.3, 0.4) is 0 Å². The average Bonchev–Trinajstić information content (AvgIpc) is 2.87. The first-order chi connectivity index (χ1) is 6.86. The molecule has 1 atom stereocenters. The van der Waals surface area contributed by atoms with Crippen LogP contribution in [0.25, 0.3) is 0 Å². The molecule has 0 bridgehead atoms. The summed E-state index contributed by atoms with van der Waals surface area (Å²) in [5.74, 6) is 0.688. The highest BCUT2D eigenvalue weighted by Gasteiger charge is 2.06. The molecule has 0 radical (unpaired) electrons. The van der Waals surface area contributed by atoms with Crippen LogP contribution >= 0.6 is 11.3 Å². The van der Waals surface area contributed by atoms with E-state index in [0.717, 1.165) is 0 Å². The van der Waals surface area contributed by atoms with E-state index in [1.165, 1.54) is 4.88 Å². The Morgan fingerprint density at radius 1 is 1.64 bits per heavy atom. The zero-order valence-electron chi connectivity index (χ0n) is 7.77. The smallest absolute Gasteiger partial charge is 0.188 e. The molecule has 0 aliphatic rings. The molecule has 0 aromatic carbocycles. The third-order valence-electron chi connectivity index (χ3n) is 1.93. The first kappa shape index (κ1) is 9.29. The van der Waals surface area contributed by atoms with Gasteiger partial charge >= 0.3 is 0 Å². The number of aromatic nitrogens is 4. The molecule has 1 unspecified atom stereocenters. The topological polar surface area (TPSA) is 66.5 Å². The summed E-state index contributed by atoms with van der Waals surface area (Å²) < 4.78 is 0. The molecule has 6 heteroatoms. The maximum absolute atomic E-state index is 3.86. The molecule has 0 fully saturated rings. The van der Waals surface area contributed by atoms with E-state index in [4.69, 9.17) is 0 Å². The van der Waals surface area contributed by atoms with E-state index in [2.05, 4.69) is 44.3 Å². The van der Waals surface area contributed by atoms with Gasteiger partial charge in [0.2, 0.25) is 0 Å². The molecule has 0 spiro atoms. The zero-order valence-corrected chi connectivity index (χ0v) is 8.58. The molecule has 74 valence electrons. The van der Waals surface area contributed by atoms with E-state index in [1.54, 1.807) is 11.3 Å². The Morgan fingerprint density at radius 3 is 3.21 bits per heavy atom. The molecule has 0 saturated heterocycles. The second-order valence-electron chi connectivity index (χ2n) is 2.95. The van der Waals surface area contributed by atoms with Gasteiger partial charge in [0.25, 0.3) is 0 Å². The monoisotopic (exact) mass is 209 g/mol. The van der Waals surface area contributed by atoms with E-state index in [1.807, 2.05) is 6.07 Å². The Kier molecular flexibility index (Phi) is 2.85. The van der Waals surface area contributed by atoms with Gasteiger partial charge < -0.3 is 5.32 Å². The van der Waals surface area contributed by atoms with Crippen molar-refractivity contribution in [3.05, 3.63) is 28.2 Å². The Morgan fingerprint density at radius 2 is 2.57 bits per heavy atom. The maximum Gasteiger partial charge on any atom is 0.188 e. The van der Waals surface area contributed by atoms with Gasteiger partial charge in [0.1, 0.15) is 0 Å². The minimum atomic E-state index is 0.327. The van der Waals surface area contributed by atoms with E-state index < -0.39 is 0 Å². The summed E-state index contributed by atoms with van der Waals surface area (Å²) >= 11 is 1.74. The first-order valence-corrected chi connectivity index (χ1v) is 5.23. The third-order valence-corrected chi connectivity index (χ3v) is 2.98. The summed E-state index contributed by atoms with van der Waals surface area (Å²) in [7, 11) is 0. The van der Waals surface area contributed by atoms with Gasteiger partial charge in [-0.1, -0.05) is 11.3 Å². The van der Waals surface area contributed by atoms with Gasteiger partial charge in [-0.15, -0.1) is 21.5 Å². The highest BCUT2D eigenvalue weighted by molar-refractivity contribution is 7.10. The maximum atomic E-state index is 3.86. The highest BCUT2D eigenvalue weighted by atomic mass is 32.1. The fraction of sp³-hybridized carbons (Fsp3) is 0.375. The van der Waals surface area contributed by atoms with Crippen LogP contribution in [0.15, 0.2) is 17.5 Å². The number of tetrazole rings is 1. The lowest BCUT2D eigenvalue weighted by Gasteiger charge is -2.09. The number of H-pyrrole nitrogens is 1.